The van der Waals surface area contributed by atoms with Crippen molar-refractivity contribution < 1.29 is 14.6 Å². The van der Waals surface area contributed by atoms with Crippen LogP contribution in [0.5, 0.6) is 5.75 Å². The molecule has 0 amide bonds. The maximum atomic E-state index is 12.4. The van der Waals surface area contributed by atoms with E-state index in [2.05, 4.69) is 0 Å². The standard InChI is InChI=1S/C19H26O3/c20-17-12-6-4-11-16(17)19(21)22-18-13-7-5-10-15(18)14-8-2-1-3-9-14/h4,6,11-12,14-15,18,20H,1-3,5,7-10,13H2. The van der Waals surface area contributed by atoms with E-state index in [1.54, 1.807) is 18.2 Å². The predicted molar refractivity (Wildman–Crippen MR) is 85.8 cm³/mol. The highest BCUT2D eigenvalue weighted by Crippen LogP contribution is 2.40. The SMILES string of the molecule is O=C(OC1CCCCC1C1CCCCC1)c1ccccc1O. The van der Waals surface area contributed by atoms with Gasteiger partial charge in [-0.05, 0) is 43.2 Å². The molecule has 3 heteroatoms. The summed E-state index contributed by atoms with van der Waals surface area (Å²) in [5.74, 6) is 0.878. The van der Waals surface area contributed by atoms with Crippen LogP contribution in [0.2, 0.25) is 0 Å². The van der Waals surface area contributed by atoms with Crippen molar-refractivity contribution in [1.29, 1.82) is 0 Å². The molecule has 120 valence electrons. The summed E-state index contributed by atoms with van der Waals surface area (Å²) in [6.45, 7) is 0. The summed E-state index contributed by atoms with van der Waals surface area (Å²) in [6.07, 6.45) is 11.2. The van der Waals surface area contributed by atoms with Crippen LogP contribution in [-0.2, 0) is 4.74 Å². The zero-order valence-corrected chi connectivity index (χ0v) is 13.2. The van der Waals surface area contributed by atoms with E-state index < -0.39 is 0 Å². The van der Waals surface area contributed by atoms with Crippen molar-refractivity contribution >= 4 is 5.97 Å². The van der Waals surface area contributed by atoms with Gasteiger partial charge < -0.3 is 9.84 Å². The van der Waals surface area contributed by atoms with Crippen LogP contribution >= 0.6 is 0 Å². The monoisotopic (exact) mass is 302 g/mol. The van der Waals surface area contributed by atoms with Crippen molar-refractivity contribution in [2.24, 2.45) is 11.8 Å². The summed E-state index contributed by atoms with van der Waals surface area (Å²) < 4.78 is 5.83. The van der Waals surface area contributed by atoms with Gasteiger partial charge >= 0.3 is 5.97 Å². The molecule has 1 aromatic carbocycles. The second-order valence-corrected chi connectivity index (χ2v) is 6.81. The Hall–Kier alpha value is -1.51. The fraction of sp³-hybridized carbons (Fsp3) is 0.632. The molecule has 1 N–H and O–H groups in total. The third kappa shape index (κ3) is 3.45. The molecule has 3 nitrogen and oxygen atoms in total. The minimum absolute atomic E-state index is 0.0116. The van der Waals surface area contributed by atoms with Gasteiger partial charge in [-0.2, -0.15) is 0 Å². The van der Waals surface area contributed by atoms with Crippen LogP contribution < -0.4 is 0 Å². The Kier molecular flexibility index (Phi) is 5.01. The summed E-state index contributed by atoms with van der Waals surface area (Å²) >= 11 is 0. The zero-order chi connectivity index (χ0) is 15.4. The number of hydrogen-bond donors (Lipinski definition) is 1. The molecule has 2 atom stereocenters. The number of hydrogen-bond acceptors (Lipinski definition) is 3. The lowest BCUT2D eigenvalue weighted by molar-refractivity contribution is -0.0169. The highest BCUT2D eigenvalue weighted by Gasteiger charge is 2.35. The molecule has 0 saturated heterocycles. The van der Waals surface area contributed by atoms with Crippen molar-refractivity contribution in [3.05, 3.63) is 29.8 Å². The Bertz CT molecular complexity index is 505. The molecule has 0 aromatic heterocycles. The second kappa shape index (κ2) is 7.17. The molecule has 0 radical (unpaired) electrons. The minimum Gasteiger partial charge on any atom is -0.507 e. The normalized spacial score (nSPS) is 26.5. The van der Waals surface area contributed by atoms with E-state index in [9.17, 15) is 9.90 Å². The van der Waals surface area contributed by atoms with Gasteiger partial charge in [0, 0.05) is 0 Å². The smallest absolute Gasteiger partial charge is 0.342 e. The van der Waals surface area contributed by atoms with Crippen molar-refractivity contribution in [2.75, 3.05) is 0 Å². The third-order valence-corrected chi connectivity index (χ3v) is 5.39. The average molecular weight is 302 g/mol. The fourth-order valence-corrected chi connectivity index (χ4v) is 4.22. The largest absolute Gasteiger partial charge is 0.507 e. The van der Waals surface area contributed by atoms with E-state index in [0.717, 1.165) is 18.8 Å². The van der Waals surface area contributed by atoms with E-state index in [-0.39, 0.29) is 23.4 Å². The predicted octanol–water partition coefficient (Wildman–Crippen LogP) is 4.69. The van der Waals surface area contributed by atoms with Crippen LogP contribution in [0.3, 0.4) is 0 Å². The maximum absolute atomic E-state index is 12.4. The summed E-state index contributed by atoms with van der Waals surface area (Å²) in [5, 5.41) is 9.82. The Morgan fingerprint density at radius 1 is 0.955 bits per heavy atom. The van der Waals surface area contributed by atoms with Crippen LogP contribution in [0.25, 0.3) is 0 Å². The Morgan fingerprint density at radius 3 is 2.41 bits per heavy atom. The summed E-state index contributed by atoms with van der Waals surface area (Å²) in [6, 6.07) is 6.65. The summed E-state index contributed by atoms with van der Waals surface area (Å²) in [7, 11) is 0. The third-order valence-electron chi connectivity index (χ3n) is 5.39. The van der Waals surface area contributed by atoms with Crippen molar-refractivity contribution in [2.45, 2.75) is 63.9 Å². The van der Waals surface area contributed by atoms with Crippen molar-refractivity contribution in [1.82, 2.24) is 0 Å². The highest BCUT2D eigenvalue weighted by atomic mass is 16.5. The van der Waals surface area contributed by atoms with Crippen molar-refractivity contribution in [3.8, 4) is 5.75 Å². The number of esters is 1. The first-order valence-electron chi connectivity index (χ1n) is 8.74. The Labute approximate surface area is 132 Å². The van der Waals surface area contributed by atoms with Crippen LogP contribution in [0, 0.1) is 11.8 Å². The van der Waals surface area contributed by atoms with Gasteiger partial charge in [0.1, 0.15) is 17.4 Å². The minimum atomic E-state index is -0.370. The molecule has 0 aliphatic heterocycles. The number of phenols is 1. The number of carbonyl (C=O) groups is 1. The lowest BCUT2D eigenvalue weighted by Crippen LogP contribution is -2.35. The van der Waals surface area contributed by atoms with Gasteiger partial charge in [-0.3, -0.25) is 0 Å². The summed E-state index contributed by atoms with van der Waals surface area (Å²) in [4.78, 5) is 12.4. The fourth-order valence-electron chi connectivity index (χ4n) is 4.22. The zero-order valence-electron chi connectivity index (χ0n) is 13.2. The average Bonchev–Trinajstić information content (AvgIpc) is 2.56. The second-order valence-electron chi connectivity index (χ2n) is 6.81. The maximum Gasteiger partial charge on any atom is 0.342 e. The van der Waals surface area contributed by atoms with Crippen LogP contribution in [0.4, 0.5) is 0 Å². The molecular weight excluding hydrogens is 276 g/mol. The molecule has 3 rings (SSSR count). The van der Waals surface area contributed by atoms with Crippen LogP contribution in [0.15, 0.2) is 24.3 Å². The lowest BCUT2D eigenvalue weighted by atomic mass is 9.72. The molecule has 1 aromatic rings. The summed E-state index contributed by atoms with van der Waals surface area (Å²) in [5.41, 5.74) is 0.287. The molecule has 0 bridgehead atoms. The molecule has 2 unspecified atom stereocenters. The van der Waals surface area contributed by atoms with Crippen LogP contribution in [-0.4, -0.2) is 17.2 Å². The Balaban J connectivity index is 1.68. The number of para-hydroxylation sites is 1. The van der Waals surface area contributed by atoms with E-state index in [0.29, 0.717) is 5.92 Å². The Morgan fingerprint density at radius 2 is 1.64 bits per heavy atom. The van der Waals surface area contributed by atoms with Gasteiger partial charge in [0.2, 0.25) is 0 Å². The van der Waals surface area contributed by atoms with E-state index in [1.165, 1.54) is 51.0 Å². The van der Waals surface area contributed by atoms with E-state index in [1.807, 2.05) is 0 Å². The molecule has 0 heterocycles. The first-order valence-corrected chi connectivity index (χ1v) is 8.74. The van der Waals surface area contributed by atoms with Gasteiger partial charge in [0.15, 0.2) is 0 Å². The lowest BCUT2D eigenvalue weighted by Gasteiger charge is -2.38. The topological polar surface area (TPSA) is 46.5 Å². The number of carbonyl (C=O) groups excluding carboxylic acids is 1. The molecule has 2 saturated carbocycles. The first kappa shape index (κ1) is 15.4. The molecule has 2 aliphatic rings. The highest BCUT2D eigenvalue weighted by molar-refractivity contribution is 5.92. The molecule has 0 spiro atoms. The number of rotatable bonds is 3. The first-order chi connectivity index (χ1) is 10.8. The van der Waals surface area contributed by atoms with Crippen molar-refractivity contribution in [3.63, 3.8) is 0 Å². The number of aromatic hydroxyl groups is 1. The molecule has 2 fully saturated rings. The van der Waals surface area contributed by atoms with Gasteiger partial charge in [0.25, 0.3) is 0 Å². The molecular formula is C19H26O3. The van der Waals surface area contributed by atoms with Crippen LogP contribution in [0.1, 0.15) is 68.1 Å². The number of ether oxygens (including phenoxy) is 1. The van der Waals surface area contributed by atoms with Gasteiger partial charge in [-0.25, -0.2) is 4.79 Å². The van der Waals surface area contributed by atoms with Gasteiger partial charge in [-0.15, -0.1) is 0 Å². The molecule has 2 aliphatic carbocycles. The van der Waals surface area contributed by atoms with E-state index in [4.69, 9.17) is 4.74 Å². The number of benzene rings is 1. The van der Waals surface area contributed by atoms with Gasteiger partial charge in [0.05, 0.1) is 0 Å². The van der Waals surface area contributed by atoms with E-state index >= 15 is 0 Å². The number of phenolic OH excluding ortho intramolecular Hbond substituents is 1. The quantitative estimate of drug-likeness (QED) is 0.824. The molecule has 22 heavy (non-hydrogen) atoms. The van der Waals surface area contributed by atoms with Gasteiger partial charge in [-0.1, -0.05) is 50.7 Å².